The van der Waals surface area contributed by atoms with Crippen LogP contribution in [0.5, 0.6) is 0 Å². The molecule has 3 atom stereocenters. The molecule has 43 heavy (non-hydrogen) atoms. The Morgan fingerprint density at radius 3 is 2.53 bits per heavy atom. The number of nitrogens with zero attached hydrogens (tertiary/aromatic N) is 3. The Labute approximate surface area is 252 Å². The summed E-state index contributed by atoms with van der Waals surface area (Å²) in [5, 5.41) is 7.62. The summed E-state index contributed by atoms with van der Waals surface area (Å²) < 4.78 is 42.8. The van der Waals surface area contributed by atoms with E-state index >= 15 is 0 Å². The van der Waals surface area contributed by atoms with Crippen molar-refractivity contribution in [1.29, 1.82) is 0 Å². The normalized spacial score (nSPS) is 20.4. The van der Waals surface area contributed by atoms with E-state index in [9.17, 15) is 8.42 Å². The van der Waals surface area contributed by atoms with Crippen molar-refractivity contribution in [1.82, 2.24) is 20.0 Å². The number of nitrogens with one attached hydrogen (secondary N) is 1. The van der Waals surface area contributed by atoms with Gasteiger partial charge in [0.05, 0.1) is 18.1 Å². The molecule has 2 aliphatic heterocycles. The Morgan fingerprint density at radius 1 is 1.07 bits per heavy atom. The van der Waals surface area contributed by atoms with Crippen LogP contribution < -0.4 is 5.32 Å². The average molecular weight is 601 g/mol. The van der Waals surface area contributed by atoms with E-state index in [-0.39, 0.29) is 29.9 Å². The quantitative estimate of drug-likeness (QED) is 0.271. The SMILES string of the molecule is C[C@H](OC1CCCCO1)c1nccn1Cc1cc(-c2ccc(C#Cc3ccc(CNC4CCS(=O)(=O)C4)cc3)cc2)on1. The van der Waals surface area contributed by atoms with Crippen molar-refractivity contribution in [2.45, 2.75) is 64.1 Å². The van der Waals surface area contributed by atoms with Crippen molar-refractivity contribution in [2.75, 3.05) is 18.1 Å². The summed E-state index contributed by atoms with van der Waals surface area (Å²) in [4.78, 5) is 4.51. The molecule has 224 valence electrons. The van der Waals surface area contributed by atoms with Gasteiger partial charge in [-0.3, -0.25) is 0 Å². The smallest absolute Gasteiger partial charge is 0.167 e. The Kier molecular flexibility index (Phi) is 9.05. The largest absolute Gasteiger partial charge is 0.356 e. The van der Waals surface area contributed by atoms with Crippen LogP contribution in [-0.2, 0) is 32.4 Å². The van der Waals surface area contributed by atoms with Crippen molar-refractivity contribution < 1.29 is 22.4 Å². The van der Waals surface area contributed by atoms with Gasteiger partial charge in [-0.15, -0.1) is 0 Å². The minimum Gasteiger partial charge on any atom is -0.356 e. The van der Waals surface area contributed by atoms with Crippen molar-refractivity contribution >= 4 is 9.84 Å². The van der Waals surface area contributed by atoms with Crippen LogP contribution in [0, 0.1) is 11.8 Å². The van der Waals surface area contributed by atoms with Crippen LogP contribution in [0.3, 0.4) is 0 Å². The predicted octanol–water partition coefficient (Wildman–Crippen LogP) is 4.87. The second kappa shape index (κ2) is 13.3. The van der Waals surface area contributed by atoms with Gasteiger partial charge in [0.1, 0.15) is 17.6 Å². The van der Waals surface area contributed by atoms with Crippen molar-refractivity contribution in [3.8, 4) is 23.2 Å². The van der Waals surface area contributed by atoms with Crippen LogP contribution in [0.25, 0.3) is 11.3 Å². The first kappa shape index (κ1) is 29.3. The maximum Gasteiger partial charge on any atom is 0.167 e. The summed E-state index contributed by atoms with van der Waals surface area (Å²) >= 11 is 0. The monoisotopic (exact) mass is 600 g/mol. The minimum atomic E-state index is -2.88. The van der Waals surface area contributed by atoms with Gasteiger partial charge < -0.3 is 23.9 Å². The van der Waals surface area contributed by atoms with Crippen LogP contribution in [0.1, 0.15) is 66.9 Å². The van der Waals surface area contributed by atoms with E-state index in [1.54, 1.807) is 6.20 Å². The van der Waals surface area contributed by atoms with E-state index < -0.39 is 9.84 Å². The van der Waals surface area contributed by atoms with Crippen LogP contribution >= 0.6 is 0 Å². The number of sulfone groups is 1. The Morgan fingerprint density at radius 2 is 1.84 bits per heavy atom. The maximum absolute atomic E-state index is 11.6. The van der Waals surface area contributed by atoms with E-state index in [2.05, 4.69) is 27.3 Å². The lowest BCUT2D eigenvalue weighted by Gasteiger charge is -2.26. The molecule has 2 unspecified atom stereocenters. The van der Waals surface area contributed by atoms with Gasteiger partial charge >= 0.3 is 0 Å². The molecule has 0 aliphatic carbocycles. The molecule has 2 aromatic carbocycles. The van der Waals surface area contributed by atoms with Crippen LogP contribution in [-0.4, -0.2) is 53.6 Å². The van der Waals surface area contributed by atoms with E-state index in [1.165, 1.54) is 0 Å². The molecule has 2 saturated heterocycles. The average Bonchev–Trinajstić information content (AvgIpc) is 3.77. The lowest BCUT2D eigenvalue weighted by molar-refractivity contribution is -0.188. The summed E-state index contributed by atoms with van der Waals surface area (Å²) in [6.07, 6.45) is 7.12. The summed E-state index contributed by atoms with van der Waals surface area (Å²) in [7, 11) is -2.88. The molecule has 2 aromatic heterocycles. The fourth-order valence-corrected chi connectivity index (χ4v) is 7.11. The maximum atomic E-state index is 11.6. The molecule has 0 saturated carbocycles. The number of rotatable bonds is 9. The number of imidazole rings is 1. The molecule has 2 aliphatic rings. The highest BCUT2D eigenvalue weighted by Gasteiger charge is 2.27. The lowest BCUT2D eigenvalue weighted by atomic mass is 10.1. The molecule has 1 N–H and O–H groups in total. The fourth-order valence-electron chi connectivity index (χ4n) is 5.40. The first-order valence-electron chi connectivity index (χ1n) is 14.8. The first-order chi connectivity index (χ1) is 20.9. The first-order valence-corrected chi connectivity index (χ1v) is 16.6. The van der Waals surface area contributed by atoms with Crippen LogP contribution in [0.2, 0.25) is 0 Å². The topological polar surface area (TPSA) is 108 Å². The third-order valence-corrected chi connectivity index (χ3v) is 9.57. The van der Waals surface area contributed by atoms with Gasteiger partial charge in [0, 0.05) is 54.3 Å². The summed E-state index contributed by atoms with van der Waals surface area (Å²) in [5.41, 5.74) is 4.64. The molecule has 0 bridgehead atoms. The van der Waals surface area contributed by atoms with Gasteiger partial charge in [-0.25, -0.2) is 13.4 Å². The van der Waals surface area contributed by atoms with E-state index in [0.29, 0.717) is 25.3 Å². The molecule has 6 rings (SSSR count). The zero-order valence-corrected chi connectivity index (χ0v) is 25.1. The zero-order valence-electron chi connectivity index (χ0n) is 24.2. The Bertz CT molecular complexity index is 1680. The molecule has 2 fully saturated rings. The van der Waals surface area contributed by atoms with E-state index in [0.717, 1.165) is 59.6 Å². The molecular weight excluding hydrogens is 564 g/mol. The number of hydrogen-bond donors (Lipinski definition) is 1. The highest BCUT2D eigenvalue weighted by atomic mass is 32.2. The van der Waals surface area contributed by atoms with E-state index in [1.807, 2.05) is 72.3 Å². The minimum absolute atomic E-state index is 0.0380. The van der Waals surface area contributed by atoms with Gasteiger partial charge in [-0.05, 0) is 74.6 Å². The zero-order chi connectivity index (χ0) is 29.6. The summed E-state index contributed by atoms with van der Waals surface area (Å²) in [6.45, 7) is 3.91. The second-order valence-electron chi connectivity index (χ2n) is 11.2. The molecule has 4 aromatic rings. The molecule has 9 nitrogen and oxygen atoms in total. The molecular formula is C33H36N4O5S. The Balaban J connectivity index is 1.02. The van der Waals surface area contributed by atoms with Gasteiger partial charge in [0.2, 0.25) is 0 Å². The van der Waals surface area contributed by atoms with Crippen LogP contribution in [0.4, 0.5) is 0 Å². The van der Waals surface area contributed by atoms with Gasteiger partial charge in [-0.1, -0.05) is 29.1 Å². The van der Waals surface area contributed by atoms with Gasteiger partial charge in [0.15, 0.2) is 21.9 Å². The third-order valence-electron chi connectivity index (χ3n) is 7.80. The number of aromatic nitrogens is 3. The van der Waals surface area contributed by atoms with Gasteiger partial charge in [-0.2, -0.15) is 0 Å². The molecule has 4 heterocycles. The summed E-state index contributed by atoms with van der Waals surface area (Å²) in [5.74, 6) is 8.45. The molecule has 10 heteroatoms. The second-order valence-corrected chi connectivity index (χ2v) is 13.4. The summed E-state index contributed by atoms with van der Waals surface area (Å²) in [6, 6.07) is 17.9. The lowest BCUT2D eigenvalue weighted by Crippen LogP contribution is -2.29. The number of ether oxygens (including phenoxy) is 2. The van der Waals surface area contributed by atoms with Crippen molar-refractivity contribution in [3.63, 3.8) is 0 Å². The molecule has 0 amide bonds. The van der Waals surface area contributed by atoms with Crippen LogP contribution in [0.15, 0.2) is 71.5 Å². The highest BCUT2D eigenvalue weighted by molar-refractivity contribution is 7.91. The molecule has 0 spiro atoms. The van der Waals surface area contributed by atoms with E-state index in [4.69, 9.17) is 14.0 Å². The van der Waals surface area contributed by atoms with Crippen molar-refractivity contribution in [3.05, 3.63) is 95.2 Å². The fraction of sp³-hybridized carbons (Fsp3) is 0.394. The number of benzene rings is 2. The standard InChI is InChI=1S/C33H36N4O5S/c1-24(41-32-4-2-3-18-40-32)33-34-16-17-37(33)22-30-20-31(42-36-30)28-13-11-26(12-14-28)6-5-25-7-9-27(10-8-25)21-35-29-15-19-43(38,39)23-29/h7-14,16-17,20,24,29,32,35H,2-4,15,18-19,21-23H2,1H3/t24-,29?,32?/m0/s1. The molecule has 0 radical (unpaired) electrons. The van der Waals surface area contributed by atoms with Gasteiger partial charge in [0.25, 0.3) is 0 Å². The van der Waals surface area contributed by atoms with Crippen molar-refractivity contribution in [2.24, 2.45) is 0 Å². The third kappa shape index (κ3) is 7.80. The Hall–Kier alpha value is -3.75. The highest BCUT2D eigenvalue weighted by Crippen LogP contribution is 2.25. The predicted molar refractivity (Wildman–Crippen MR) is 163 cm³/mol. The number of hydrogen-bond acceptors (Lipinski definition) is 8.